The first-order valence-electron chi connectivity index (χ1n) is 5.92. The van der Waals surface area contributed by atoms with Crippen LogP contribution in [0.3, 0.4) is 0 Å². The van der Waals surface area contributed by atoms with Crippen LogP contribution in [0.2, 0.25) is 0 Å². The average molecular weight is 371 g/mol. The molecule has 0 spiro atoms. The number of benzene rings is 2. The minimum atomic E-state index is -0.341. The Kier molecular flexibility index (Phi) is 4.76. The molecule has 4 heteroatoms. The zero-order valence-electron chi connectivity index (χ0n) is 10.8. The van der Waals surface area contributed by atoms with E-state index in [4.69, 9.17) is 4.74 Å². The quantitative estimate of drug-likeness (QED) is 0.827. The largest absolute Gasteiger partial charge is 0.494 e. The molecule has 0 amide bonds. The number of methoxy groups -OCH3 is 1. The van der Waals surface area contributed by atoms with Crippen molar-refractivity contribution < 1.29 is 9.13 Å². The van der Waals surface area contributed by atoms with Gasteiger partial charge < -0.3 is 10.1 Å². The lowest BCUT2D eigenvalue weighted by Crippen LogP contribution is -2.18. The number of hydrogen-bond acceptors (Lipinski definition) is 2. The van der Waals surface area contributed by atoms with Gasteiger partial charge in [0.25, 0.3) is 0 Å². The van der Waals surface area contributed by atoms with Crippen LogP contribution in [0.1, 0.15) is 17.2 Å². The lowest BCUT2D eigenvalue weighted by atomic mass is 9.98. The Morgan fingerprint density at radius 2 is 1.95 bits per heavy atom. The molecule has 0 fully saturated rings. The summed E-state index contributed by atoms with van der Waals surface area (Å²) in [6.45, 7) is 0. The fourth-order valence-electron chi connectivity index (χ4n) is 2.07. The molecule has 1 N–H and O–H groups in total. The SMILES string of the molecule is CNC(c1ccc(OC)c(F)c1)c1ccccc1I. The van der Waals surface area contributed by atoms with Crippen LogP contribution >= 0.6 is 22.6 Å². The molecule has 0 saturated carbocycles. The summed E-state index contributed by atoms with van der Waals surface area (Å²) in [5.41, 5.74) is 2.01. The zero-order valence-corrected chi connectivity index (χ0v) is 12.9. The average Bonchev–Trinajstić information content (AvgIpc) is 2.42. The molecule has 0 radical (unpaired) electrons. The van der Waals surface area contributed by atoms with Crippen LogP contribution in [0.5, 0.6) is 5.75 Å². The van der Waals surface area contributed by atoms with E-state index in [1.807, 2.05) is 37.4 Å². The van der Waals surface area contributed by atoms with Crippen molar-refractivity contribution in [2.75, 3.05) is 14.2 Å². The summed E-state index contributed by atoms with van der Waals surface area (Å²) in [7, 11) is 3.34. The second kappa shape index (κ2) is 6.34. The maximum atomic E-state index is 13.8. The monoisotopic (exact) mass is 371 g/mol. The molecule has 1 atom stereocenters. The van der Waals surface area contributed by atoms with Crippen LogP contribution in [-0.4, -0.2) is 14.2 Å². The van der Waals surface area contributed by atoms with Gasteiger partial charge in [-0.2, -0.15) is 0 Å². The van der Waals surface area contributed by atoms with Gasteiger partial charge in [-0.3, -0.25) is 0 Å². The minimum absolute atomic E-state index is 0.0338. The Bertz CT molecular complexity index is 574. The normalized spacial score (nSPS) is 12.2. The predicted octanol–water partition coefficient (Wildman–Crippen LogP) is 3.75. The van der Waals surface area contributed by atoms with Crippen molar-refractivity contribution in [1.29, 1.82) is 0 Å². The lowest BCUT2D eigenvalue weighted by Gasteiger charge is -2.19. The van der Waals surface area contributed by atoms with Gasteiger partial charge in [-0.25, -0.2) is 4.39 Å². The molecule has 2 rings (SSSR count). The second-order valence-electron chi connectivity index (χ2n) is 4.14. The molecule has 0 bridgehead atoms. The van der Waals surface area contributed by atoms with E-state index in [1.165, 1.54) is 13.2 Å². The molecule has 0 aliphatic heterocycles. The molecular formula is C15H15FINO. The van der Waals surface area contributed by atoms with E-state index in [9.17, 15) is 4.39 Å². The van der Waals surface area contributed by atoms with Gasteiger partial charge in [-0.15, -0.1) is 0 Å². The predicted molar refractivity (Wildman–Crippen MR) is 83.0 cm³/mol. The van der Waals surface area contributed by atoms with E-state index in [2.05, 4.69) is 27.9 Å². The van der Waals surface area contributed by atoms with Crippen molar-refractivity contribution in [1.82, 2.24) is 5.32 Å². The first kappa shape index (κ1) is 14.3. The third kappa shape index (κ3) is 3.06. The number of halogens is 2. The first-order chi connectivity index (χ1) is 9.17. The molecule has 0 aromatic heterocycles. The molecule has 2 nitrogen and oxygen atoms in total. The lowest BCUT2D eigenvalue weighted by molar-refractivity contribution is 0.386. The molecular weight excluding hydrogens is 356 g/mol. The van der Waals surface area contributed by atoms with E-state index in [0.717, 1.165) is 14.7 Å². The highest BCUT2D eigenvalue weighted by molar-refractivity contribution is 14.1. The van der Waals surface area contributed by atoms with Gasteiger partial charge in [0.2, 0.25) is 0 Å². The molecule has 0 saturated heterocycles. The number of rotatable bonds is 4. The summed E-state index contributed by atoms with van der Waals surface area (Å²) in [6.07, 6.45) is 0. The third-order valence-corrected chi connectivity index (χ3v) is 4.00. The van der Waals surface area contributed by atoms with Crippen LogP contribution < -0.4 is 10.1 Å². The molecule has 2 aromatic rings. The summed E-state index contributed by atoms with van der Waals surface area (Å²) in [5, 5.41) is 3.23. The van der Waals surface area contributed by atoms with Gasteiger partial charge in [-0.1, -0.05) is 24.3 Å². The van der Waals surface area contributed by atoms with Crippen LogP contribution in [0, 0.1) is 9.39 Å². The van der Waals surface area contributed by atoms with Gasteiger partial charge in [0.15, 0.2) is 11.6 Å². The Morgan fingerprint density at radius 3 is 2.53 bits per heavy atom. The highest BCUT2D eigenvalue weighted by atomic mass is 127. The Hall–Kier alpha value is -1.14. The standard InChI is InChI=1S/C15H15FINO/c1-18-15(11-5-3-4-6-13(11)17)10-7-8-14(19-2)12(16)9-10/h3-9,15,18H,1-2H3. The number of nitrogens with one attached hydrogen (secondary N) is 1. The van der Waals surface area contributed by atoms with Crippen molar-refractivity contribution in [3.05, 3.63) is 63.0 Å². The van der Waals surface area contributed by atoms with Gasteiger partial charge in [0.05, 0.1) is 13.2 Å². The van der Waals surface area contributed by atoms with Crippen molar-refractivity contribution in [3.8, 4) is 5.75 Å². The van der Waals surface area contributed by atoms with Crippen molar-refractivity contribution in [3.63, 3.8) is 0 Å². The summed E-state index contributed by atoms with van der Waals surface area (Å²) in [6, 6.07) is 13.1. The van der Waals surface area contributed by atoms with Gasteiger partial charge >= 0.3 is 0 Å². The highest BCUT2D eigenvalue weighted by Gasteiger charge is 2.16. The summed E-state index contributed by atoms with van der Waals surface area (Å²) in [4.78, 5) is 0. The van der Waals surface area contributed by atoms with Crippen molar-refractivity contribution in [2.24, 2.45) is 0 Å². The molecule has 100 valence electrons. The Labute approximate surface area is 126 Å². The topological polar surface area (TPSA) is 21.3 Å². The van der Waals surface area contributed by atoms with Crippen molar-refractivity contribution in [2.45, 2.75) is 6.04 Å². The van der Waals surface area contributed by atoms with Crippen LogP contribution in [0.4, 0.5) is 4.39 Å². The van der Waals surface area contributed by atoms with Crippen LogP contribution in [0.25, 0.3) is 0 Å². The van der Waals surface area contributed by atoms with E-state index >= 15 is 0 Å². The van der Waals surface area contributed by atoms with E-state index < -0.39 is 0 Å². The van der Waals surface area contributed by atoms with Gasteiger partial charge in [-0.05, 0) is 59.0 Å². The molecule has 0 aliphatic rings. The summed E-state index contributed by atoms with van der Waals surface area (Å²) < 4.78 is 19.9. The van der Waals surface area contributed by atoms with Crippen LogP contribution in [-0.2, 0) is 0 Å². The Balaban J connectivity index is 2.43. The van der Waals surface area contributed by atoms with Gasteiger partial charge in [0, 0.05) is 3.57 Å². The smallest absolute Gasteiger partial charge is 0.165 e. The molecule has 1 unspecified atom stereocenters. The fourth-order valence-corrected chi connectivity index (χ4v) is 2.77. The number of ether oxygens (including phenoxy) is 1. The maximum Gasteiger partial charge on any atom is 0.165 e. The summed E-state index contributed by atoms with van der Waals surface area (Å²) >= 11 is 2.29. The van der Waals surface area contributed by atoms with E-state index in [0.29, 0.717) is 0 Å². The van der Waals surface area contributed by atoms with E-state index in [-0.39, 0.29) is 17.6 Å². The summed E-state index contributed by atoms with van der Waals surface area (Å²) in [5.74, 6) is -0.0763. The van der Waals surface area contributed by atoms with Crippen molar-refractivity contribution >= 4 is 22.6 Å². The van der Waals surface area contributed by atoms with Crippen LogP contribution in [0.15, 0.2) is 42.5 Å². The molecule has 19 heavy (non-hydrogen) atoms. The second-order valence-corrected chi connectivity index (χ2v) is 5.30. The number of hydrogen-bond donors (Lipinski definition) is 1. The maximum absolute atomic E-state index is 13.8. The van der Waals surface area contributed by atoms with E-state index in [1.54, 1.807) is 6.07 Å². The zero-order chi connectivity index (χ0) is 13.8. The Morgan fingerprint density at radius 1 is 1.21 bits per heavy atom. The fraction of sp³-hybridized carbons (Fsp3) is 0.200. The first-order valence-corrected chi connectivity index (χ1v) is 7.00. The molecule has 2 aromatic carbocycles. The minimum Gasteiger partial charge on any atom is -0.494 e. The molecule has 0 heterocycles. The third-order valence-electron chi connectivity index (χ3n) is 3.01. The molecule has 0 aliphatic carbocycles. The van der Waals surface area contributed by atoms with Gasteiger partial charge in [0.1, 0.15) is 0 Å². The highest BCUT2D eigenvalue weighted by Crippen LogP contribution is 2.28.